The smallest absolute Gasteiger partial charge is 0.403 e. The molecule has 0 bridgehead atoms. The zero-order valence-electron chi connectivity index (χ0n) is 18.9. The molecule has 0 aliphatic rings. The number of aromatic amines is 1. The summed E-state index contributed by atoms with van der Waals surface area (Å²) in [6.45, 7) is 3.18. The molecule has 0 spiro atoms. The first-order valence-electron chi connectivity index (χ1n) is 10.2. The molecule has 1 atom stereocenters. The molecule has 1 aromatic heterocycles. The van der Waals surface area contributed by atoms with Crippen LogP contribution in [-0.4, -0.2) is 43.1 Å². The van der Waals surface area contributed by atoms with Crippen LogP contribution in [0.15, 0.2) is 53.4 Å². The van der Waals surface area contributed by atoms with Crippen molar-refractivity contribution in [3.8, 4) is 5.75 Å². The number of anilines is 2. The number of amides is 1. The van der Waals surface area contributed by atoms with Crippen molar-refractivity contribution in [2.75, 3.05) is 11.2 Å². The number of hydrogen-bond acceptors (Lipinski definition) is 5. The Morgan fingerprint density at radius 2 is 1.80 bits per heavy atom. The van der Waals surface area contributed by atoms with Gasteiger partial charge in [0.1, 0.15) is 0 Å². The minimum absolute atomic E-state index is 0.0337. The van der Waals surface area contributed by atoms with Crippen LogP contribution in [0.1, 0.15) is 28.7 Å². The Hall–Kier alpha value is -3.02. The molecule has 7 nitrogen and oxygen atoms in total. The molecule has 0 fully saturated rings. The molecule has 0 aliphatic carbocycles. The van der Waals surface area contributed by atoms with Crippen molar-refractivity contribution < 1.29 is 36.2 Å². The number of H-pyrrole nitrogens is 1. The average molecular weight is 531 g/mol. The molecule has 12 heteroatoms. The quantitative estimate of drug-likeness (QED) is 0.438. The fourth-order valence-electron chi connectivity index (χ4n) is 3.48. The zero-order valence-corrected chi connectivity index (χ0v) is 20.4. The van der Waals surface area contributed by atoms with E-state index in [2.05, 4.69) is 9.72 Å². The molecule has 2 N–H and O–H groups in total. The second-order valence-corrected chi connectivity index (χ2v) is 10.4. The summed E-state index contributed by atoms with van der Waals surface area (Å²) in [5, 5.41) is 9.62. The summed E-state index contributed by atoms with van der Waals surface area (Å²) < 4.78 is 67.3. The van der Waals surface area contributed by atoms with Gasteiger partial charge in [-0.25, -0.2) is 8.42 Å². The van der Waals surface area contributed by atoms with Gasteiger partial charge in [-0.05, 0) is 56.3 Å². The van der Waals surface area contributed by atoms with Crippen LogP contribution in [0.3, 0.4) is 0 Å². The van der Waals surface area contributed by atoms with E-state index in [9.17, 15) is 31.5 Å². The molecule has 35 heavy (non-hydrogen) atoms. The van der Waals surface area contributed by atoms with Crippen LogP contribution in [0, 0.1) is 6.92 Å². The number of nitrogens with one attached hydrogen (secondary N) is 1. The van der Waals surface area contributed by atoms with Crippen molar-refractivity contribution >= 4 is 38.7 Å². The van der Waals surface area contributed by atoms with Crippen molar-refractivity contribution in [1.82, 2.24) is 4.98 Å². The number of aliphatic hydroxyl groups excluding tert-OH is 1. The fourth-order valence-corrected chi connectivity index (χ4v) is 4.28. The molecule has 0 radical (unpaired) electrons. The average Bonchev–Trinajstić information content (AvgIpc) is 3.07. The first kappa shape index (κ1) is 26.6. The van der Waals surface area contributed by atoms with Crippen LogP contribution in [0.4, 0.5) is 24.5 Å². The largest absolute Gasteiger partial charge is 0.573 e. The molecular weight excluding hydrogens is 509 g/mol. The first-order valence-corrected chi connectivity index (χ1v) is 12.5. The van der Waals surface area contributed by atoms with Crippen LogP contribution in [0.2, 0.25) is 5.02 Å². The summed E-state index contributed by atoms with van der Waals surface area (Å²) in [7, 11) is -3.56. The SMILES string of the molecule is Cc1[nH]c(C[C@H](C)O)cc1C(=O)N(c1ccc(S(C)(=O)=O)cc1)c1ccc(Cl)cc1OC(F)(F)F. The van der Waals surface area contributed by atoms with E-state index in [0.717, 1.165) is 17.2 Å². The summed E-state index contributed by atoms with van der Waals surface area (Å²) >= 11 is 5.89. The summed E-state index contributed by atoms with van der Waals surface area (Å²) in [5.74, 6) is -1.43. The highest BCUT2D eigenvalue weighted by Crippen LogP contribution is 2.40. The Bertz CT molecular complexity index is 1340. The van der Waals surface area contributed by atoms with Crippen molar-refractivity contribution in [2.24, 2.45) is 0 Å². The Balaban J connectivity index is 2.20. The maximum Gasteiger partial charge on any atom is 0.573 e. The summed E-state index contributed by atoms with van der Waals surface area (Å²) in [4.78, 5) is 17.6. The minimum atomic E-state index is -5.07. The summed E-state index contributed by atoms with van der Waals surface area (Å²) in [5.41, 5.74) is 0.948. The number of carbonyl (C=O) groups is 1. The standard InChI is InChI=1S/C23H22ClF3N2O5S/c1-13(30)10-16-12-19(14(2)28-16)22(31)29(17-5-7-18(8-6-17)35(3,32)33)20-9-4-15(24)11-21(20)34-23(25,26)27/h4-9,11-13,28,30H,10H2,1-3H3/t13-/m0/s1. The predicted octanol–water partition coefficient (Wildman–Crippen LogP) is 5.18. The first-order chi connectivity index (χ1) is 16.2. The molecule has 0 saturated carbocycles. The van der Waals surface area contributed by atoms with Gasteiger partial charge < -0.3 is 14.8 Å². The lowest BCUT2D eigenvalue weighted by atomic mass is 10.1. The Labute approximate surface area is 205 Å². The molecule has 0 unspecified atom stereocenters. The lowest BCUT2D eigenvalue weighted by Crippen LogP contribution is -2.28. The monoisotopic (exact) mass is 530 g/mol. The molecule has 3 aromatic rings. The number of alkyl halides is 3. The van der Waals surface area contributed by atoms with Gasteiger partial charge in [-0.15, -0.1) is 13.2 Å². The van der Waals surface area contributed by atoms with Gasteiger partial charge in [0.2, 0.25) is 0 Å². The maximum atomic E-state index is 13.7. The van der Waals surface area contributed by atoms with Crippen LogP contribution in [0.5, 0.6) is 5.75 Å². The Kier molecular flexibility index (Phi) is 7.53. The fraction of sp³-hybridized carbons (Fsp3) is 0.261. The number of hydrogen-bond donors (Lipinski definition) is 2. The van der Waals surface area contributed by atoms with Crippen molar-refractivity contribution in [3.63, 3.8) is 0 Å². The van der Waals surface area contributed by atoms with Gasteiger partial charge >= 0.3 is 6.36 Å². The molecule has 188 valence electrons. The third kappa shape index (κ3) is 6.56. The zero-order chi connectivity index (χ0) is 26.1. The number of sulfone groups is 1. The normalized spacial score (nSPS) is 12.9. The number of aryl methyl sites for hydroxylation is 1. The van der Waals surface area contributed by atoms with E-state index < -0.39 is 34.0 Å². The van der Waals surface area contributed by atoms with Crippen LogP contribution >= 0.6 is 11.6 Å². The van der Waals surface area contributed by atoms with E-state index in [0.29, 0.717) is 11.4 Å². The number of halogens is 4. The molecule has 0 saturated heterocycles. The summed E-state index contributed by atoms with van der Waals surface area (Å²) in [6.07, 6.45) is -4.53. The van der Waals surface area contributed by atoms with E-state index in [1.165, 1.54) is 42.5 Å². The van der Waals surface area contributed by atoms with Gasteiger partial charge in [-0.3, -0.25) is 9.69 Å². The maximum absolute atomic E-state index is 13.7. The third-order valence-electron chi connectivity index (χ3n) is 4.93. The van der Waals surface area contributed by atoms with Crippen molar-refractivity contribution in [1.29, 1.82) is 0 Å². The molecule has 1 amide bonds. The highest BCUT2D eigenvalue weighted by Gasteiger charge is 2.34. The Morgan fingerprint density at radius 3 is 2.34 bits per heavy atom. The Morgan fingerprint density at radius 1 is 1.17 bits per heavy atom. The molecule has 2 aromatic carbocycles. The van der Waals surface area contributed by atoms with Crippen LogP contribution < -0.4 is 9.64 Å². The lowest BCUT2D eigenvalue weighted by molar-refractivity contribution is -0.274. The van der Waals surface area contributed by atoms with E-state index in [1.54, 1.807) is 13.8 Å². The van der Waals surface area contributed by atoms with Crippen molar-refractivity contribution in [2.45, 2.75) is 37.6 Å². The highest BCUT2D eigenvalue weighted by molar-refractivity contribution is 7.90. The van der Waals surface area contributed by atoms with E-state index in [1.807, 2.05) is 0 Å². The molecular formula is C23H22ClF3N2O5S. The number of ether oxygens (including phenoxy) is 1. The van der Waals surface area contributed by atoms with Crippen LogP contribution in [0.25, 0.3) is 0 Å². The molecule has 0 aliphatic heterocycles. The van der Waals surface area contributed by atoms with Gasteiger partial charge in [0.15, 0.2) is 15.6 Å². The van der Waals surface area contributed by atoms with E-state index in [-0.39, 0.29) is 33.3 Å². The van der Waals surface area contributed by atoms with Gasteiger partial charge in [0, 0.05) is 40.8 Å². The van der Waals surface area contributed by atoms with Crippen molar-refractivity contribution in [3.05, 3.63) is 70.5 Å². The van der Waals surface area contributed by atoms with E-state index >= 15 is 0 Å². The van der Waals surface area contributed by atoms with Crippen LogP contribution in [-0.2, 0) is 16.3 Å². The van der Waals surface area contributed by atoms with Gasteiger partial charge in [-0.1, -0.05) is 11.6 Å². The summed E-state index contributed by atoms with van der Waals surface area (Å²) in [6, 6.07) is 10.0. The number of carbonyl (C=O) groups excluding carboxylic acids is 1. The topological polar surface area (TPSA) is 99.7 Å². The number of benzene rings is 2. The number of aromatic nitrogens is 1. The number of rotatable bonds is 7. The van der Waals surface area contributed by atoms with Gasteiger partial charge in [0.25, 0.3) is 5.91 Å². The van der Waals surface area contributed by atoms with Gasteiger partial charge in [0.05, 0.1) is 22.3 Å². The minimum Gasteiger partial charge on any atom is -0.403 e. The number of nitrogens with zero attached hydrogens (tertiary/aromatic N) is 1. The predicted molar refractivity (Wildman–Crippen MR) is 125 cm³/mol. The van der Waals surface area contributed by atoms with E-state index in [4.69, 9.17) is 11.6 Å². The lowest BCUT2D eigenvalue weighted by Gasteiger charge is -2.26. The second-order valence-electron chi connectivity index (χ2n) is 7.95. The third-order valence-corrected chi connectivity index (χ3v) is 6.29. The van der Waals surface area contributed by atoms with Gasteiger partial charge in [-0.2, -0.15) is 0 Å². The highest BCUT2D eigenvalue weighted by atomic mass is 35.5. The molecule has 1 heterocycles. The number of aliphatic hydroxyl groups is 1. The molecule has 3 rings (SSSR count). The second kappa shape index (κ2) is 9.92.